The lowest BCUT2D eigenvalue weighted by Gasteiger charge is -2.08. The van der Waals surface area contributed by atoms with E-state index in [4.69, 9.17) is 17.3 Å². The third-order valence-corrected chi connectivity index (χ3v) is 3.98. The molecule has 17 heavy (non-hydrogen) atoms. The first-order valence-corrected chi connectivity index (χ1v) is 6.73. The van der Waals surface area contributed by atoms with Gasteiger partial charge in [-0.05, 0) is 24.6 Å². The van der Waals surface area contributed by atoms with Crippen molar-refractivity contribution in [2.45, 2.75) is 18.2 Å². The van der Waals surface area contributed by atoms with E-state index < -0.39 is 15.9 Å². The molecule has 0 saturated heterocycles. The van der Waals surface area contributed by atoms with E-state index >= 15 is 0 Å². The van der Waals surface area contributed by atoms with Gasteiger partial charge >= 0.3 is 0 Å². The maximum absolute atomic E-state index is 11.8. The van der Waals surface area contributed by atoms with Crippen LogP contribution in [0.4, 0.5) is 0 Å². The highest BCUT2D eigenvalue weighted by Gasteiger charge is 2.17. The molecule has 0 heterocycles. The van der Waals surface area contributed by atoms with E-state index in [0.29, 0.717) is 0 Å². The fourth-order valence-corrected chi connectivity index (χ4v) is 2.82. The summed E-state index contributed by atoms with van der Waals surface area (Å²) in [4.78, 5) is 10.5. The molecule has 3 N–H and O–H groups in total. The predicted octanol–water partition coefficient (Wildman–Crippen LogP) is 0.802. The SMILES string of the molecule is Cc1ccc(Cl)c(S(=O)(=O)NCCC(N)=O)c1. The van der Waals surface area contributed by atoms with Crippen molar-refractivity contribution in [3.8, 4) is 0 Å². The lowest BCUT2D eigenvalue weighted by Crippen LogP contribution is -2.28. The van der Waals surface area contributed by atoms with Crippen molar-refractivity contribution >= 4 is 27.5 Å². The number of carbonyl (C=O) groups excluding carboxylic acids is 1. The number of aryl methyl sites for hydroxylation is 1. The number of benzene rings is 1. The number of hydrogen-bond donors (Lipinski definition) is 2. The van der Waals surface area contributed by atoms with Crippen molar-refractivity contribution in [3.63, 3.8) is 0 Å². The van der Waals surface area contributed by atoms with E-state index in [-0.39, 0.29) is 22.9 Å². The van der Waals surface area contributed by atoms with Crippen LogP contribution in [-0.2, 0) is 14.8 Å². The summed E-state index contributed by atoms with van der Waals surface area (Å²) in [5, 5.41) is 0.141. The van der Waals surface area contributed by atoms with Gasteiger partial charge in [0.25, 0.3) is 0 Å². The molecule has 0 aliphatic carbocycles. The van der Waals surface area contributed by atoms with Gasteiger partial charge in [-0.25, -0.2) is 13.1 Å². The average molecular weight is 277 g/mol. The first-order chi connectivity index (χ1) is 7.83. The van der Waals surface area contributed by atoms with Gasteiger partial charge in [0.05, 0.1) is 5.02 Å². The number of sulfonamides is 1. The quantitative estimate of drug-likeness (QED) is 0.834. The summed E-state index contributed by atoms with van der Waals surface area (Å²) in [6.45, 7) is 1.72. The van der Waals surface area contributed by atoms with Crippen LogP contribution in [0.2, 0.25) is 5.02 Å². The summed E-state index contributed by atoms with van der Waals surface area (Å²) < 4.78 is 25.9. The molecule has 94 valence electrons. The maximum atomic E-state index is 11.8. The summed E-state index contributed by atoms with van der Waals surface area (Å²) in [5.41, 5.74) is 5.70. The molecule has 0 aliphatic rings. The molecule has 0 spiro atoms. The molecule has 5 nitrogen and oxygen atoms in total. The van der Waals surface area contributed by atoms with E-state index in [1.54, 1.807) is 13.0 Å². The zero-order chi connectivity index (χ0) is 13.1. The fraction of sp³-hybridized carbons (Fsp3) is 0.300. The van der Waals surface area contributed by atoms with Crippen LogP contribution in [0.25, 0.3) is 0 Å². The van der Waals surface area contributed by atoms with Gasteiger partial charge < -0.3 is 5.73 Å². The highest BCUT2D eigenvalue weighted by atomic mass is 35.5. The molecule has 0 atom stereocenters. The van der Waals surface area contributed by atoms with Gasteiger partial charge in [-0.2, -0.15) is 0 Å². The summed E-state index contributed by atoms with van der Waals surface area (Å²) in [6.07, 6.45) is -0.0529. The second-order valence-electron chi connectivity index (χ2n) is 3.55. The highest BCUT2D eigenvalue weighted by molar-refractivity contribution is 7.89. The molecule has 0 aliphatic heterocycles. The monoisotopic (exact) mass is 276 g/mol. The van der Waals surface area contributed by atoms with Crippen LogP contribution in [0, 0.1) is 6.92 Å². The second kappa shape index (κ2) is 5.48. The number of primary amides is 1. The van der Waals surface area contributed by atoms with E-state index in [1.807, 2.05) is 0 Å². The van der Waals surface area contributed by atoms with Crippen LogP contribution in [0.5, 0.6) is 0 Å². The van der Waals surface area contributed by atoms with Crippen molar-refractivity contribution in [1.29, 1.82) is 0 Å². The van der Waals surface area contributed by atoms with Crippen LogP contribution in [0.15, 0.2) is 23.1 Å². The Balaban J connectivity index is 2.89. The number of halogens is 1. The molecule has 1 amide bonds. The molecular formula is C10H13ClN2O3S. The zero-order valence-electron chi connectivity index (χ0n) is 9.23. The Hall–Kier alpha value is -1.11. The van der Waals surface area contributed by atoms with Gasteiger partial charge in [0, 0.05) is 13.0 Å². The standard InChI is InChI=1S/C10H13ClN2O3S/c1-7-2-3-8(11)9(6-7)17(15,16)13-5-4-10(12)14/h2-3,6,13H,4-5H2,1H3,(H2,12,14). The van der Waals surface area contributed by atoms with Gasteiger partial charge in [-0.1, -0.05) is 17.7 Å². The Bertz CT molecular complexity index is 528. The number of carbonyl (C=O) groups is 1. The van der Waals surface area contributed by atoms with Crippen molar-refractivity contribution in [1.82, 2.24) is 4.72 Å². The maximum Gasteiger partial charge on any atom is 0.242 e. The predicted molar refractivity (Wildman–Crippen MR) is 65.2 cm³/mol. The topological polar surface area (TPSA) is 89.3 Å². The molecular weight excluding hydrogens is 264 g/mol. The molecule has 0 fully saturated rings. The lowest BCUT2D eigenvalue weighted by atomic mass is 10.2. The van der Waals surface area contributed by atoms with Crippen molar-refractivity contribution in [2.24, 2.45) is 5.73 Å². The Morgan fingerprint density at radius 2 is 2.12 bits per heavy atom. The highest BCUT2D eigenvalue weighted by Crippen LogP contribution is 2.22. The van der Waals surface area contributed by atoms with Crippen LogP contribution in [-0.4, -0.2) is 20.9 Å². The van der Waals surface area contributed by atoms with E-state index in [2.05, 4.69) is 4.72 Å². The van der Waals surface area contributed by atoms with Crippen LogP contribution in [0.1, 0.15) is 12.0 Å². The normalized spacial score (nSPS) is 11.4. The molecule has 0 aromatic heterocycles. The molecule has 0 saturated carbocycles. The smallest absolute Gasteiger partial charge is 0.242 e. The largest absolute Gasteiger partial charge is 0.370 e. The Morgan fingerprint density at radius 3 is 2.71 bits per heavy atom. The Labute approximate surface area is 105 Å². The third-order valence-electron chi connectivity index (χ3n) is 2.04. The van der Waals surface area contributed by atoms with Gasteiger partial charge in [0.15, 0.2) is 0 Å². The number of hydrogen-bond acceptors (Lipinski definition) is 3. The fourth-order valence-electron chi connectivity index (χ4n) is 1.20. The Morgan fingerprint density at radius 1 is 1.47 bits per heavy atom. The van der Waals surface area contributed by atoms with Crippen LogP contribution < -0.4 is 10.5 Å². The second-order valence-corrected chi connectivity index (χ2v) is 5.69. The van der Waals surface area contributed by atoms with Crippen LogP contribution >= 0.6 is 11.6 Å². The molecule has 1 aromatic carbocycles. The van der Waals surface area contributed by atoms with E-state index in [1.165, 1.54) is 12.1 Å². The molecule has 7 heteroatoms. The zero-order valence-corrected chi connectivity index (χ0v) is 10.8. The Kier molecular flexibility index (Phi) is 4.50. The minimum Gasteiger partial charge on any atom is -0.370 e. The third kappa shape index (κ3) is 3.99. The van der Waals surface area contributed by atoms with Crippen molar-refractivity contribution in [3.05, 3.63) is 28.8 Å². The van der Waals surface area contributed by atoms with Crippen molar-refractivity contribution in [2.75, 3.05) is 6.54 Å². The minimum absolute atomic E-state index is 0.00337. The average Bonchev–Trinajstić information content (AvgIpc) is 2.20. The number of amides is 1. The minimum atomic E-state index is -3.70. The number of nitrogens with two attached hydrogens (primary N) is 1. The van der Waals surface area contributed by atoms with Gasteiger partial charge in [-0.15, -0.1) is 0 Å². The van der Waals surface area contributed by atoms with Crippen molar-refractivity contribution < 1.29 is 13.2 Å². The summed E-state index contributed by atoms with van der Waals surface area (Å²) in [5.74, 6) is -0.567. The first-order valence-electron chi connectivity index (χ1n) is 4.87. The number of nitrogens with one attached hydrogen (secondary N) is 1. The molecule has 0 radical (unpaired) electrons. The summed E-state index contributed by atoms with van der Waals surface area (Å²) in [6, 6.07) is 4.69. The van der Waals surface area contributed by atoms with Crippen LogP contribution in [0.3, 0.4) is 0 Å². The van der Waals surface area contributed by atoms with Gasteiger partial charge in [0.2, 0.25) is 15.9 Å². The van der Waals surface area contributed by atoms with Gasteiger partial charge in [0.1, 0.15) is 4.90 Å². The molecule has 0 unspecified atom stereocenters. The number of rotatable bonds is 5. The molecule has 1 aromatic rings. The first kappa shape index (κ1) is 14.0. The molecule has 0 bridgehead atoms. The van der Waals surface area contributed by atoms with E-state index in [9.17, 15) is 13.2 Å². The van der Waals surface area contributed by atoms with E-state index in [0.717, 1.165) is 5.56 Å². The lowest BCUT2D eigenvalue weighted by molar-refractivity contribution is -0.117. The van der Waals surface area contributed by atoms with Gasteiger partial charge in [-0.3, -0.25) is 4.79 Å². The molecule has 1 rings (SSSR count). The summed E-state index contributed by atoms with van der Waals surface area (Å²) >= 11 is 5.81. The summed E-state index contributed by atoms with van der Waals surface area (Å²) in [7, 11) is -3.70.